The number of hydrogen-bond donors (Lipinski definition) is 1. The molecule has 0 spiro atoms. The molecule has 0 aliphatic heterocycles. The molecule has 27 heavy (non-hydrogen) atoms. The number of ether oxygens (including phenoxy) is 2. The van der Waals surface area contributed by atoms with Gasteiger partial charge in [-0.3, -0.25) is 4.79 Å². The topological polar surface area (TPSA) is 79.5 Å². The Morgan fingerprint density at radius 3 is 2.74 bits per heavy atom. The number of aliphatic carboxylic acids is 1. The van der Waals surface area contributed by atoms with E-state index in [4.69, 9.17) is 9.47 Å². The number of hydrogen-bond acceptors (Lipinski definition) is 4. The second-order valence-corrected chi connectivity index (χ2v) is 9.67. The van der Waals surface area contributed by atoms with Gasteiger partial charge in [0, 0.05) is 12.5 Å². The summed E-state index contributed by atoms with van der Waals surface area (Å²) >= 11 is 0. The highest BCUT2D eigenvalue weighted by Gasteiger charge is 2.84. The molecule has 1 N–H and O–H groups in total. The largest absolute Gasteiger partial charge is 0.481 e. The summed E-state index contributed by atoms with van der Waals surface area (Å²) in [6.45, 7) is 6.91. The van der Waals surface area contributed by atoms with Gasteiger partial charge < -0.3 is 14.6 Å². The van der Waals surface area contributed by atoms with Crippen LogP contribution < -0.4 is 0 Å². The van der Waals surface area contributed by atoms with Gasteiger partial charge in [0.05, 0.1) is 18.1 Å². The third-order valence-corrected chi connectivity index (χ3v) is 8.60. The standard InChI is InChI=1S/C22H31NO4/c1-13(2)18-7-15-8-20(10-23)17-6-5-14(3)16(17)9-21(15,11-27-12-26-4)22(18,20)19(24)25/h7,13-17H,5-6,8-9,11-12H2,1-4H3,(H,24,25). The zero-order valence-corrected chi connectivity index (χ0v) is 16.8. The predicted octanol–water partition coefficient (Wildman–Crippen LogP) is 3.86. The molecule has 148 valence electrons. The Hall–Kier alpha value is -1.38. The van der Waals surface area contributed by atoms with E-state index >= 15 is 0 Å². The van der Waals surface area contributed by atoms with Gasteiger partial charge in [0.1, 0.15) is 12.2 Å². The lowest BCUT2D eigenvalue weighted by Crippen LogP contribution is -2.62. The monoisotopic (exact) mass is 373 g/mol. The van der Waals surface area contributed by atoms with Crippen LogP contribution in [0.4, 0.5) is 0 Å². The average Bonchev–Trinajstić information content (AvgIpc) is 3.19. The van der Waals surface area contributed by atoms with Gasteiger partial charge in [-0.1, -0.05) is 38.8 Å². The van der Waals surface area contributed by atoms with Crippen LogP contribution in [0.5, 0.6) is 0 Å². The number of nitriles is 1. The van der Waals surface area contributed by atoms with Crippen LogP contribution in [0.1, 0.15) is 46.5 Å². The Morgan fingerprint density at radius 1 is 1.41 bits per heavy atom. The summed E-state index contributed by atoms with van der Waals surface area (Å²) in [7, 11) is 1.58. The number of allylic oxidation sites excluding steroid dienone is 1. The van der Waals surface area contributed by atoms with E-state index in [1.807, 2.05) is 0 Å². The van der Waals surface area contributed by atoms with Crippen LogP contribution in [0, 0.1) is 57.2 Å². The molecule has 0 aromatic rings. The fourth-order valence-corrected chi connectivity index (χ4v) is 7.85. The van der Waals surface area contributed by atoms with E-state index in [1.54, 1.807) is 7.11 Å². The van der Waals surface area contributed by atoms with E-state index in [-0.39, 0.29) is 24.5 Å². The summed E-state index contributed by atoms with van der Waals surface area (Å²) in [5.74, 6) is 0.514. The number of carboxylic acid groups (broad SMARTS) is 1. The number of nitrogens with zero attached hydrogens (tertiary/aromatic N) is 1. The van der Waals surface area contributed by atoms with E-state index in [1.165, 1.54) is 0 Å². The minimum atomic E-state index is -1.13. The molecule has 3 saturated carbocycles. The number of carbonyl (C=O) groups is 1. The van der Waals surface area contributed by atoms with Crippen molar-refractivity contribution < 1.29 is 19.4 Å². The average molecular weight is 373 g/mol. The third kappa shape index (κ3) is 1.94. The zero-order valence-electron chi connectivity index (χ0n) is 16.8. The molecule has 0 heterocycles. The van der Waals surface area contributed by atoms with Crippen molar-refractivity contribution >= 4 is 5.97 Å². The molecule has 0 saturated heterocycles. The maximum Gasteiger partial charge on any atom is 0.316 e. The Morgan fingerprint density at radius 2 is 2.15 bits per heavy atom. The van der Waals surface area contributed by atoms with E-state index < -0.39 is 22.2 Å². The molecule has 4 aliphatic rings. The molecule has 4 rings (SSSR count). The Kier molecular flexibility index (Phi) is 4.25. The number of rotatable bonds is 6. The highest BCUT2D eigenvalue weighted by molar-refractivity contribution is 5.85. The first-order valence-corrected chi connectivity index (χ1v) is 10.3. The fourth-order valence-electron chi connectivity index (χ4n) is 7.85. The highest BCUT2D eigenvalue weighted by Crippen LogP contribution is 2.83. The van der Waals surface area contributed by atoms with Gasteiger partial charge in [-0.15, -0.1) is 0 Å². The van der Waals surface area contributed by atoms with E-state index in [0.717, 1.165) is 24.8 Å². The molecule has 0 radical (unpaired) electrons. The van der Waals surface area contributed by atoms with Gasteiger partial charge in [-0.05, 0) is 48.9 Å². The second kappa shape index (κ2) is 6.06. The SMILES string of the molecule is COCOCC12CC3C(C)CCC3C3(C#N)CC1C=C(C(C)C)C32C(=O)O. The van der Waals surface area contributed by atoms with Crippen molar-refractivity contribution in [3.8, 4) is 6.07 Å². The van der Waals surface area contributed by atoms with Crippen LogP contribution in [-0.2, 0) is 14.3 Å². The maximum absolute atomic E-state index is 13.1. The Bertz CT molecular complexity index is 724. The lowest BCUT2D eigenvalue weighted by atomic mass is 9.43. The van der Waals surface area contributed by atoms with E-state index in [0.29, 0.717) is 24.9 Å². The van der Waals surface area contributed by atoms with Crippen molar-refractivity contribution in [1.29, 1.82) is 5.26 Å². The summed E-state index contributed by atoms with van der Waals surface area (Å²) in [4.78, 5) is 13.1. The molecule has 0 aromatic heterocycles. The summed E-state index contributed by atoms with van der Waals surface area (Å²) in [6, 6.07) is 2.65. The summed E-state index contributed by atoms with van der Waals surface area (Å²) in [5, 5.41) is 21.3. The van der Waals surface area contributed by atoms with Crippen molar-refractivity contribution in [1.82, 2.24) is 0 Å². The van der Waals surface area contributed by atoms with Gasteiger partial charge in [-0.25, -0.2) is 0 Å². The quantitative estimate of drug-likeness (QED) is 0.434. The lowest BCUT2D eigenvalue weighted by molar-refractivity contribution is -0.184. The summed E-state index contributed by atoms with van der Waals surface area (Å²) < 4.78 is 11.0. The zero-order chi connectivity index (χ0) is 19.6. The molecule has 4 bridgehead atoms. The van der Waals surface area contributed by atoms with Crippen LogP contribution in [-0.4, -0.2) is 31.6 Å². The van der Waals surface area contributed by atoms with Gasteiger partial charge in [-0.2, -0.15) is 5.26 Å². The van der Waals surface area contributed by atoms with Gasteiger partial charge in [0.15, 0.2) is 0 Å². The van der Waals surface area contributed by atoms with Crippen molar-refractivity contribution in [3.05, 3.63) is 11.6 Å². The normalized spacial score (nSPS) is 47.0. The molecular weight excluding hydrogens is 342 g/mol. The smallest absolute Gasteiger partial charge is 0.316 e. The third-order valence-electron chi connectivity index (χ3n) is 8.60. The number of carboxylic acids is 1. The second-order valence-electron chi connectivity index (χ2n) is 9.67. The van der Waals surface area contributed by atoms with Crippen LogP contribution >= 0.6 is 0 Å². The molecule has 3 fully saturated rings. The van der Waals surface area contributed by atoms with Gasteiger partial charge >= 0.3 is 5.97 Å². The molecular formula is C22H31NO4. The Balaban J connectivity index is 1.94. The first-order valence-electron chi connectivity index (χ1n) is 10.3. The minimum absolute atomic E-state index is 0.0975. The first-order chi connectivity index (χ1) is 12.8. The molecule has 7 unspecified atom stereocenters. The van der Waals surface area contributed by atoms with Crippen molar-refractivity contribution in [2.75, 3.05) is 20.5 Å². The van der Waals surface area contributed by atoms with Crippen molar-refractivity contribution in [3.63, 3.8) is 0 Å². The molecule has 0 amide bonds. The highest BCUT2D eigenvalue weighted by atomic mass is 16.7. The van der Waals surface area contributed by atoms with Crippen LogP contribution in [0.3, 0.4) is 0 Å². The number of fused-ring (bicyclic) bond motifs is 2. The molecule has 4 aliphatic carbocycles. The van der Waals surface area contributed by atoms with E-state index in [2.05, 4.69) is 32.9 Å². The van der Waals surface area contributed by atoms with Crippen molar-refractivity contribution in [2.24, 2.45) is 45.8 Å². The Labute approximate surface area is 161 Å². The fraction of sp³-hybridized carbons (Fsp3) is 0.818. The summed E-state index contributed by atoms with van der Waals surface area (Å²) in [6.07, 6.45) is 5.78. The molecule has 5 nitrogen and oxygen atoms in total. The van der Waals surface area contributed by atoms with Crippen LogP contribution in [0.25, 0.3) is 0 Å². The van der Waals surface area contributed by atoms with Gasteiger partial charge in [0.2, 0.25) is 0 Å². The maximum atomic E-state index is 13.1. The van der Waals surface area contributed by atoms with Crippen LogP contribution in [0.15, 0.2) is 11.6 Å². The van der Waals surface area contributed by atoms with E-state index in [9.17, 15) is 15.2 Å². The summed E-state index contributed by atoms with van der Waals surface area (Å²) in [5.41, 5.74) is -1.52. The molecule has 7 atom stereocenters. The predicted molar refractivity (Wildman–Crippen MR) is 99.4 cm³/mol. The first kappa shape index (κ1) is 19.0. The van der Waals surface area contributed by atoms with Crippen molar-refractivity contribution in [2.45, 2.75) is 46.5 Å². The lowest BCUT2D eigenvalue weighted by Gasteiger charge is -2.57. The van der Waals surface area contributed by atoms with Crippen LogP contribution in [0.2, 0.25) is 0 Å². The molecule has 0 aromatic carbocycles. The van der Waals surface area contributed by atoms with Gasteiger partial charge in [0.25, 0.3) is 0 Å². The molecule has 5 heteroatoms. The number of methoxy groups -OCH3 is 1. The minimum Gasteiger partial charge on any atom is -0.481 e.